The number of rotatable bonds is 10. The zero-order valence-corrected chi connectivity index (χ0v) is 12.6. The summed E-state index contributed by atoms with van der Waals surface area (Å²) in [5.74, 6) is -3.97. The summed E-state index contributed by atoms with van der Waals surface area (Å²) in [6, 6.07) is -1.95. The van der Waals surface area contributed by atoms with Crippen molar-refractivity contribution in [3.8, 4) is 0 Å². The van der Waals surface area contributed by atoms with Crippen LogP contribution in [0.1, 0.15) is 19.8 Å². The van der Waals surface area contributed by atoms with Crippen molar-refractivity contribution in [2.75, 3.05) is 13.1 Å². The molecule has 0 aromatic heterocycles. The minimum atomic E-state index is -1.26. The van der Waals surface area contributed by atoms with Gasteiger partial charge in [0.15, 0.2) is 0 Å². The van der Waals surface area contributed by atoms with E-state index in [0.717, 1.165) is 0 Å². The van der Waals surface area contributed by atoms with Crippen molar-refractivity contribution in [2.24, 2.45) is 11.5 Å². The van der Waals surface area contributed by atoms with Crippen LogP contribution in [0.5, 0.6) is 0 Å². The average Bonchev–Trinajstić information content (AvgIpc) is 2.45. The molecule has 0 aromatic rings. The van der Waals surface area contributed by atoms with Crippen molar-refractivity contribution in [2.45, 2.75) is 31.8 Å². The maximum absolute atomic E-state index is 11.8. The normalized spacial score (nSPS) is 12.6. The Hall–Kier alpha value is -2.69. The quantitative estimate of drug-likeness (QED) is 0.238. The highest BCUT2D eigenvalue weighted by molar-refractivity contribution is 5.92. The first-order valence-electron chi connectivity index (χ1n) is 6.74. The summed E-state index contributed by atoms with van der Waals surface area (Å²) in [6.45, 7) is 0.380. The molecule has 0 fully saturated rings. The lowest BCUT2D eigenvalue weighted by Gasteiger charge is -2.17. The van der Waals surface area contributed by atoms with Crippen LogP contribution in [0.3, 0.4) is 0 Å². The number of primary amides is 1. The molecule has 0 aromatic carbocycles. The van der Waals surface area contributed by atoms with Crippen LogP contribution in [-0.2, 0) is 24.0 Å². The van der Waals surface area contributed by atoms with Crippen LogP contribution in [0, 0.1) is 0 Å². The van der Waals surface area contributed by atoms with E-state index in [1.807, 2.05) is 0 Å². The van der Waals surface area contributed by atoms with Crippen LogP contribution in [0.2, 0.25) is 0 Å². The van der Waals surface area contributed by atoms with Crippen LogP contribution in [0.15, 0.2) is 0 Å². The van der Waals surface area contributed by atoms with Crippen molar-refractivity contribution in [3.05, 3.63) is 0 Å². The van der Waals surface area contributed by atoms with E-state index in [2.05, 4.69) is 16.0 Å². The largest absolute Gasteiger partial charge is 0.480 e. The molecule has 4 amide bonds. The molecule has 11 nitrogen and oxygen atoms in total. The summed E-state index contributed by atoms with van der Waals surface area (Å²) in [5.41, 5.74) is 10.3. The molecular formula is C12H21N5O6. The standard InChI is InChI=1S/C12H21N5O6/c1-6(13)11(22)15-4-9(19)17-7(2-3-8(14)18)12(23)16-5-10(20)21/h6-7H,2-5,13H2,1H3,(H2,14,18)(H,15,22)(H,16,23)(H,17,19)(H,20,21). The second-order valence-corrected chi connectivity index (χ2v) is 4.74. The molecule has 0 heterocycles. The lowest BCUT2D eigenvalue weighted by molar-refractivity contribution is -0.138. The molecule has 23 heavy (non-hydrogen) atoms. The van der Waals surface area contributed by atoms with E-state index in [0.29, 0.717) is 0 Å². The Balaban J connectivity index is 4.57. The molecular weight excluding hydrogens is 310 g/mol. The molecule has 0 radical (unpaired) electrons. The van der Waals surface area contributed by atoms with Crippen molar-refractivity contribution >= 4 is 29.6 Å². The number of carboxylic acids is 1. The number of hydrogen-bond donors (Lipinski definition) is 6. The van der Waals surface area contributed by atoms with E-state index >= 15 is 0 Å². The van der Waals surface area contributed by atoms with Gasteiger partial charge < -0.3 is 32.5 Å². The molecule has 130 valence electrons. The maximum Gasteiger partial charge on any atom is 0.322 e. The molecule has 0 saturated carbocycles. The Kier molecular flexibility index (Phi) is 8.92. The number of carbonyl (C=O) groups excluding carboxylic acids is 4. The third-order valence-corrected chi connectivity index (χ3v) is 2.58. The first-order valence-corrected chi connectivity index (χ1v) is 6.74. The molecule has 0 aliphatic carbocycles. The van der Waals surface area contributed by atoms with Crippen molar-refractivity contribution in [1.82, 2.24) is 16.0 Å². The van der Waals surface area contributed by atoms with Gasteiger partial charge in [-0.3, -0.25) is 24.0 Å². The Morgan fingerprint density at radius 3 is 2.09 bits per heavy atom. The summed E-state index contributed by atoms with van der Waals surface area (Å²) in [6.07, 6.45) is -0.286. The van der Waals surface area contributed by atoms with Crippen LogP contribution < -0.4 is 27.4 Å². The zero-order valence-electron chi connectivity index (χ0n) is 12.6. The monoisotopic (exact) mass is 331 g/mol. The molecule has 8 N–H and O–H groups in total. The summed E-state index contributed by atoms with van der Waals surface area (Å²) in [5, 5.41) is 15.1. The van der Waals surface area contributed by atoms with Gasteiger partial charge in [0.25, 0.3) is 0 Å². The predicted octanol–water partition coefficient (Wildman–Crippen LogP) is -3.60. The first-order chi connectivity index (χ1) is 10.6. The molecule has 0 saturated heterocycles. The predicted molar refractivity (Wildman–Crippen MR) is 77.7 cm³/mol. The Morgan fingerprint density at radius 2 is 1.61 bits per heavy atom. The van der Waals surface area contributed by atoms with Crippen molar-refractivity contribution in [3.63, 3.8) is 0 Å². The minimum absolute atomic E-state index is 0.103. The first kappa shape index (κ1) is 20.3. The summed E-state index contributed by atoms with van der Waals surface area (Å²) < 4.78 is 0. The highest BCUT2D eigenvalue weighted by Crippen LogP contribution is 1.97. The molecule has 0 spiro atoms. The number of carboxylic acid groups (broad SMARTS) is 1. The van der Waals surface area contributed by atoms with Gasteiger partial charge in [0.2, 0.25) is 23.6 Å². The van der Waals surface area contributed by atoms with Gasteiger partial charge in [0.05, 0.1) is 12.6 Å². The second-order valence-electron chi connectivity index (χ2n) is 4.74. The van der Waals surface area contributed by atoms with Gasteiger partial charge in [-0.15, -0.1) is 0 Å². The smallest absolute Gasteiger partial charge is 0.322 e. The van der Waals surface area contributed by atoms with Crippen LogP contribution in [0.25, 0.3) is 0 Å². The van der Waals surface area contributed by atoms with Crippen LogP contribution in [-0.4, -0.2) is 59.9 Å². The van der Waals surface area contributed by atoms with E-state index in [1.165, 1.54) is 6.92 Å². The molecule has 0 rings (SSSR count). The summed E-state index contributed by atoms with van der Waals surface area (Å²) in [4.78, 5) is 55.9. The van der Waals surface area contributed by atoms with Gasteiger partial charge in [-0.25, -0.2) is 0 Å². The Morgan fingerprint density at radius 1 is 1.04 bits per heavy atom. The Bertz CT molecular complexity index is 479. The number of nitrogens with two attached hydrogens (primary N) is 2. The molecule has 2 unspecified atom stereocenters. The molecule has 11 heteroatoms. The molecule has 0 aliphatic rings. The summed E-state index contributed by atoms with van der Waals surface area (Å²) in [7, 11) is 0. The van der Waals surface area contributed by atoms with Crippen LogP contribution in [0.4, 0.5) is 0 Å². The van der Waals surface area contributed by atoms with Gasteiger partial charge in [0.1, 0.15) is 12.6 Å². The van der Waals surface area contributed by atoms with E-state index in [4.69, 9.17) is 16.6 Å². The number of nitrogens with one attached hydrogen (secondary N) is 3. The lowest BCUT2D eigenvalue weighted by Crippen LogP contribution is -2.51. The van der Waals surface area contributed by atoms with E-state index < -0.39 is 54.8 Å². The van der Waals surface area contributed by atoms with Gasteiger partial charge in [-0.1, -0.05) is 0 Å². The minimum Gasteiger partial charge on any atom is -0.480 e. The maximum atomic E-state index is 11.8. The second kappa shape index (κ2) is 10.1. The van der Waals surface area contributed by atoms with E-state index in [1.54, 1.807) is 0 Å². The molecule has 0 bridgehead atoms. The van der Waals surface area contributed by atoms with Crippen LogP contribution >= 0.6 is 0 Å². The average molecular weight is 331 g/mol. The fraction of sp³-hybridized carbons (Fsp3) is 0.583. The molecule has 0 aliphatic heterocycles. The molecule has 2 atom stereocenters. The Labute approximate surface area is 132 Å². The van der Waals surface area contributed by atoms with Crippen molar-refractivity contribution in [1.29, 1.82) is 0 Å². The highest BCUT2D eigenvalue weighted by atomic mass is 16.4. The topological polar surface area (TPSA) is 194 Å². The number of amides is 4. The van der Waals surface area contributed by atoms with E-state index in [-0.39, 0.29) is 12.8 Å². The van der Waals surface area contributed by atoms with E-state index in [9.17, 15) is 24.0 Å². The van der Waals surface area contributed by atoms with Gasteiger partial charge in [-0.05, 0) is 13.3 Å². The third-order valence-electron chi connectivity index (χ3n) is 2.58. The fourth-order valence-corrected chi connectivity index (χ4v) is 1.42. The number of aliphatic carboxylic acids is 1. The highest BCUT2D eigenvalue weighted by Gasteiger charge is 2.22. The van der Waals surface area contributed by atoms with Gasteiger partial charge >= 0.3 is 5.97 Å². The van der Waals surface area contributed by atoms with Gasteiger partial charge in [0, 0.05) is 6.42 Å². The summed E-state index contributed by atoms with van der Waals surface area (Å²) >= 11 is 0. The number of hydrogen-bond acceptors (Lipinski definition) is 6. The lowest BCUT2D eigenvalue weighted by atomic mass is 10.1. The zero-order chi connectivity index (χ0) is 18.0. The fourth-order valence-electron chi connectivity index (χ4n) is 1.42. The van der Waals surface area contributed by atoms with Gasteiger partial charge in [-0.2, -0.15) is 0 Å². The number of carbonyl (C=O) groups is 5. The SMILES string of the molecule is CC(N)C(=O)NCC(=O)NC(CCC(N)=O)C(=O)NCC(=O)O. The van der Waals surface area contributed by atoms with Crippen molar-refractivity contribution < 1.29 is 29.1 Å². The third kappa shape index (κ3) is 9.79.